The van der Waals surface area contributed by atoms with Crippen LogP contribution in [-0.2, 0) is 11.2 Å². The quantitative estimate of drug-likeness (QED) is 0.779. The summed E-state index contributed by atoms with van der Waals surface area (Å²) in [5, 5.41) is 2.84. The number of aryl methyl sites for hydroxylation is 1. The number of thiazole rings is 1. The average Bonchev–Trinajstić information content (AvgIpc) is 2.42. The molecule has 0 aliphatic heterocycles. The Morgan fingerprint density at radius 1 is 1.64 bits per heavy atom. The fraction of sp³-hybridized carbons (Fsp3) is 0.556. The van der Waals surface area contributed by atoms with Crippen LogP contribution in [0.4, 0.5) is 0 Å². The maximum absolute atomic E-state index is 11.4. The molecule has 3 nitrogen and oxygen atoms in total. The Morgan fingerprint density at radius 3 is 2.86 bits per heavy atom. The van der Waals surface area contributed by atoms with Crippen LogP contribution in [0.15, 0.2) is 0 Å². The number of amides is 1. The Kier molecular flexibility index (Phi) is 4.28. The molecule has 0 aromatic carbocycles. The van der Waals surface area contributed by atoms with Gasteiger partial charge < -0.3 is 10.3 Å². The van der Waals surface area contributed by atoms with Gasteiger partial charge in [0.25, 0.3) is 0 Å². The highest BCUT2D eigenvalue weighted by Gasteiger charge is 2.07. The van der Waals surface area contributed by atoms with E-state index in [4.69, 9.17) is 12.2 Å². The maximum atomic E-state index is 11.4. The summed E-state index contributed by atoms with van der Waals surface area (Å²) in [6.45, 7) is 4.72. The van der Waals surface area contributed by atoms with Crippen LogP contribution in [-0.4, -0.2) is 17.4 Å². The van der Waals surface area contributed by atoms with E-state index in [1.807, 2.05) is 13.8 Å². The molecule has 5 heteroatoms. The Balaban J connectivity index is 2.56. The van der Waals surface area contributed by atoms with Crippen molar-refractivity contribution in [2.45, 2.75) is 26.7 Å². The summed E-state index contributed by atoms with van der Waals surface area (Å²) in [5.41, 5.74) is 1.01. The number of aromatic amines is 1. The molecule has 0 saturated heterocycles. The summed E-state index contributed by atoms with van der Waals surface area (Å²) in [4.78, 5) is 15.4. The minimum absolute atomic E-state index is 0.0696. The molecule has 0 spiro atoms. The number of H-pyrrole nitrogens is 1. The smallest absolute Gasteiger partial charge is 0.225 e. The molecule has 0 fully saturated rings. The molecule has 14 heavy (non-hydrogen) atoms. The van der Waals surface area contributed by atoms with Gasteiger partial charge in [-0.05, 0) is 25.6 Å². The number of rotatable bonds is 4. The zero-order chi connectivity index (χ0) is 10.6. The molecule has 0 unspecified atom stereocenters. The summed E-state index contributed by atoms with van der Waals surface area (Å²) in [7, 11) is 0. The van der Waals surface area contributed by atoms with Gasteiger partial charge in [-0.15, -0.1) is 11.3 Å². The van der Waals surface area contributed by atoms with Crippen LogP contribution in [0, 0.1) is 10.9 Å². The van der Waals surface area contributed by atoms with Gasteiger partial charge in [0, 0.05) is 17.1 Å². The normalized spacial score (nSPS) is 10.1. The van der Waals surface area contributed by atoms with E-state index in [-0.39, 0.29) is 5.91 Å². The first-order chi connectivity index (χ1) is 6.63. The monoisotopic (exact) mass is 230 g/mol. The van der Waals surface area contributed by atoms with Gasteiger partial charge in [-0.2, -0.15) is 0 Å². The first kappa shape index (κ1) is 11.4. The lowest BCUT2D eigenvalue weighted by atomic mass is 10.3. The van der Waals surface area contributed by atoms with Crippen molar-refractivity contribution < 1.29 is 4.79 Å². The van der Waals surface area contributed by atoms with Crippen molar-refractivity contribution in [1.29, 1.82) is 0 Å². The lowest BCUT2D eigenvalue weighted by Gasteiger charge is -2.01. The Morgan fingerprint density at radius 2 is 2.36 bits per heavy atom. The average molecular weight is 230 g/mol. The number of hydrogen-bond donors (Lipinski definition) is 2. The second-order valence-corrected chi connectivity index (χ2v) is 4.86. The number of hydrogen-bond acceptors (Lipinski definition) is 3. The predicted molar refractivity (Wildman–Crippen MR) is 61.2 cm³/mol. The van der Waals surface area contributed by atoms with E-state index in [2.05, 4.69) is 10.3 Å². The number of aromatic nitrogens is 1. The predicted octanol–water partition coefficient (Wildman–Crippen LogP) is 2.18. The van der Waals surface area contributed by atoms with Gasteiger partial charge in [-0.1, -0.05) is 6.92 Å². The van der Waals surface area contributed by atoms with Crippen molar-refractivity contribution in [1.82, 2.24) is 10.3 Å². The molecule has 1 aromatic rings. The van der Waals surface area contributed by atoms with Crippen LogP contribution in [0.5, 0.6) is 0 Å². The van der Waals surface area contributed by atoms with Crippen LogP contribution >= 0.6 is 23.6 Å². The second kappa shape index (κ2) is 5.26. The molecule has 0 radical (unpaired) electrons. The standard InChI is InChI=1S/C9H14N2OS2/c1-3-4-10-8(12)5-7-6(2)11-9(13)14-7/h3-5H2,1-2H3,(H,10,12)(H,11,13). The highest BCUT2D eigenvalue weighted by atomic mass is 32.1. The van der Waals surface area contributed by atoms with Crippen molar-refractivity contribution in [2.24, 2.45) is 0 Å². The number of nitrogens with one attached hydrogen (secondary N) is 2. The van der Waals surface area contributed by atoms with Crippen molar-refractivity contribution in [2.75, 3.05) is 6.54 Å². The molecule has 0 atom stereocenters. The lowest BCUT2D eigenvalue weighted by molar-refractivity contribution is -0.120. The SMILES string of the molecule is CCCNC(=O)Cc1sc(=S)[nH]c1C. The summed E-state index contributed by atoms with van der Waals surface area (Å²) >= 11 is 6.47. The van der Waals surface area contributed by atoms with Gasteiger partial charge in [-0.25, -0.2) is 0 Å². The highest BCUT2D eigenvalue weighted by Crippen LogP contribution is 2.14. The fourth-order valence-electron chi connectivity index (χ4n) is 1.08. The van der Waals surface area contributed by atoms with E-state index >= 15 is 0 Å². The molecular formula is C9H14N2OS2. The molecular weight excluding hydrogens is 216 g/mol. The molecule has 1 heterocycles. The minimum atomic E-state index is 0.0696. The van der Waals surface area contributed by atoms with E-state index in [1.54, 1.807) is 0 Å². The van der Waals surface area contributed by atoms with Gasteiger partial charge in [0.2, 0.25) is 5.91 Å². The topological polar surface area (TPSA) is 44.9 Å². The maximum Gasteiger partial charge on any atom is 0.225 e. The van der Waals surface area contributed by atoms with E-state index in [9.17, 15) is 4.79 Å². The first-order valence-electron chi connectivity index (χ1n) is 4.58. The Labute approximate surface area is 92.6 Å². The molecule has 2 N–H and O–H groups in total. The van der Waals surface area contributed by atoms with Crippen molar-refractivity contribution in [3.05, 3.63) is 14.5 Å². The number of carbonyl (C=O) groups excluding carboxylic acids is 1. The van der Waals surface area contributed by atoms with Crippen LogP contribution in [0.1, 0.15) is 23.9 Å². The first-order valence-corrected chi connectivity index (χ1v) is 5.81. The van der Waals surface area contributed by atoms with Gasteiger partial charge in [0.05, 0.1) is 6.42 Å². The summed E-state index contributed by atoms with van der Waals surface area (Å²) < 4.78 is 0.737. The molecule has 1 rings (SSSR count). The van der Waals surface area contributed by atoms with Gasteiger partial charge >= 0.3 is 0 Å². The Bertz CT molecular complexity index is 367. The molecule has 0 aliphatic rings. The lowest BCUT2D eigenvalue weighted by Crippen LogP contribution is -2.25. The van der Waals surface area contributed by atoms with E-state index in [1.165, 1.54) is 11.3 Å². The third-order valence-corrected chi connectivity index (χ3v) is 3.15. The van der Waals surface area contributed by atoms with Crippen molar-refractivity contribution in [3.8, 4) is 0 Å². The van der Waals surface area contributed by atoms with Crippen LogP contribution in [0.3, 0.4) is 0 Å². The Hall–Kier alpha value is -0.680. The second-order valence-electron chi connectivity index (χ2n) is 3.09. The van der Waals surface area contributed by atoms with E-state index < -0.39 is 0 Å². The zero-order valence-electron chi connectivity index (χ0n) is 8.35. The van der Waals surface area contributed by atoms with E-state index in [0.29, 0.717) is 6.42 Å². The third-order valence-electron chi connectivity index (χ3n) is 1.82. The zero-order valence-corrected chi connectivity index (χ0v) is 9.98. The minimum Gasteiger partial charge on any atom is -0.356 e. The van der Waals surface area contributed by atoms with Gasteiger partial charge in [-0.3, -0.25) is 4.79 Å². The summed E-state index contributed by atoms with van der Waals surface area (Å²) in [5.74, 6) is 0.0696. The highest BCUT2D eigenvalue weighted by molar-refractivity contribution is 7.73. The van der Waals surface area contributed by atoms with Gasteiger partial charge in [0.15, 0.2) is 3.95 Å². The van der Waals surface area contributed by atoms with Crippen LogP contribution in [0.25, 0.3) is 0 Å². The van der Waals surface area contributed by atoms with E-state index in [0.717, 1.165) is 27.5 Å². The summed E-state index contributed by atoms with van der Waals surface area (Å²) in [6, 6.07) is 0. The molecule has 0 bridgehead atoms. The fourth-order valence-corrected chi connectivity index (χ4v) is 2.37. The molecule has 78 valence electrons. The molecule has 1 amide bonds. The third kappa shape index (κ3) is 3.23. The largest absolute Gasteiger partial charge is 0.356 e. The van der Waals surface area contributed by atoms with Crippen molar-refractivity contribution >= 4 is 29.5 Å². The number of carbonyl (C=O) groups is 1. The van der Waals surface area contributed by atoms with Crippen LogP contribution < -0.4 is 5.32 Å². The molecule has 1 aromatic heterocycles. The summed E-state index contributed by atoms with van der Waals surface area (Å²) in [6.07, 6.45) is 1.40. The van der Waals surface area contributed by atoms with Gasteiger partial charge in [0.1, 0.15) is 0 Å². The molecule has 0 saturated carbocycles. The molecule has 0 aliphatic carbocycles. The van der Waals surface area contributed by atoms with Crippen LogP contribution in [0.2, 0.25) is 0 Å². The van der Waals surface area contributed by atoms with Crippen molar-refractivity contribution in [3.63, 3.8) is 0 Å².